The van der Waals surface area contributed by atoms with Gasteiger partial charge in [-0.05, 0) is 36.1 Å². The third kappa shape index (κ3) is 3.29. The molecule has 3 heteroatoms. The highest BCUT2D eigenvalue weighted by atomic mass is 14.9. The van der Waals surface area contributed by atoms with Crippen molar-refractivity contribution >= 4 is 11.0 Å². The molecule has 1 atom stereocenters. The average Bonchev–Trinajstić information content (AvgIpc) is 2.37. The fourth-order valence-electron chi connectivity index (χ4n) is 2.37. The molecule has 0 bridgehead atoms. The maximum Gasteiger partial charge on any atom is 0.0890 e. The summed E-state index contributed by atoms with van der Waals surface area (Å²) in [6.45, 7) is 10.0. The third-order valence-corrected chi connectivity index (χ3v) is 3.29. The molecule has 3 nitrogen and oxygen atoms in total. The highest BCUT2D eigenvalue weighted by molar-refractivity contribution is 5.74. The molecule has 1 aromatic heterocycles. The van der Waals surface area contributed by atoms with E-state index in [1.165, 1.54) is 5.56 Å². The van der Waals surface area contributed by atoms with Crippen molar-refractivity contribution in [2.45, 2.75) is 40.2 Å². The Morgan fingerprint density at radius 3 is 2.42 bits per heavy atom. The van der Waals surface area contributed by atoms with E-state index in [0.29, 0.717) is 6.04 Å². The van der Waals surface area contributed by atoms with Gasteiger partial charge in [0.1, 0.15) is 0 Å². The molecule has 0 aliphatic carbocycles. The molecule has 1 aromatic carbocycles. The van der Waals surface area contributed by atoms with E-state index < -0.39 is 0 Å². The maximum absolute atomic E-state index is 4.40. The Morgan fingerprint density at radius 1 is 1.11 bits per heavy atom. The van der Waals surface area contributed by atoms with E-state index in [1.54, 1.807) is 12.4 Å². The molecular weight excluding hydrogens is 234 g/mol. The molecule has 0 spiro atoms. The molecule has 19 heavy (non-hydrogen) atoms. The number of nitrogens with one attached hydrogen (secondary N) is 1. The lowest BCUT2D eigenvalue weighted by Crippen LogP contribution is -2.32. The second-order valence-corrected chi connectivity index (χ2v) is 6.06. The van der Waals surface area contributed by atoms with Crippen molar-refractivity contribution in [1.82, 2.24) is 15.3 Å². The molecule has 2 aromatic rings. The number of rotatable bonds is 4. The maximum atomic E-state index is 4.40. The highest BCUT2D eigenvalue weighted by Crippen LogP contribution is 2.33. The highest BCUT2D eigenvalue weighted by Gasteiger charge is 2.25. The Labute approximate surface area is 115 Å². The van der Waals surface area contributed by atoms with E-state index in [4.69, 9.17) is 0 Å². The fraction of sp³-hybridized carbons (Fsp3) is 0.500. The number of hydrogen-bond donors (Lipinski definition) is 1. The first-order valence-electron chi connectivity index (χ1n) is 6.96. The molecule has 0 radical (unpaired) electrons. The van der Waals surface area contributed by atoms with Gasteiger partial charge in [0.25, 0.3) is 0 Å². The first-order valence-corrected chi connectivity index (χ1v) is 6.96. The molecule has 1 heterocycles. The second-order valence-electron chi connectivity index (χ2n) is 6.06. The lowest BCUT2D eigenvalue weighted by molar-refractivity contribution is 0.273. The van der Waals surface area contributed by atoms with Gasteiger partial charge in [-0.3, -0.25) is 9.97 Å². The number of hydrogen-bond acceptors (Lipinski definition) is 3. The Bertz CT molecular complexity index is 543. The van der Waals surface area contributed by atoms with Crippen LogP contribution in [0.4, 0.5) is 0 Å². The van der Waals surface area contributed by atoms with Gasteiger partial charge in [0.15, 0.2) is 0 Å². The molecular formula is C16H23N3. The summed E-state index contributed by atoms with van der Waals surface area (Å²) < 4.78 is 0. The predicted octanol–water partition coefficient (Wildman–Crippen LogP) is 3.72. The zero-order valence-electron chi connectivity index (χ0n) is 12.3. The smallest absolute Gasteiger partial charge is 0.0890 e. The molecule has 1 N–H and O–H groups in total. The van der Waals surface area contributed by atoms with Crippen LogP contribution < -0.4 is 5.32 Å². The van der Waals surface area contributed by atoms with Gasteiger partial charge in [-0.15, -0.1) is 0 Å². The topological polar surface area (TPSA) is 37.8 Å². The van der Waals surface area contributed by atoms with Crippen LogP contribution in [0.3, 0.4) is 0 Å². The summed E-state index contributed by atoms with van der Waals surface area (Å²) in [6.07, 6.45) is 4.62. The largest absolute Gasteiger partial charge is 0.309 e. The van der Waals surface area contributed by atoms with Gasteiger partial charge in [0, 0.05) is 18.4 Å². The van der Waals surface area contributed by atoms with Crippen LogP contribution in [0, 0.1) is 5.41 Å². The van der Waals surface area contributed by atoms with Crippen LogP contribution >= 0.6 is 0 Å². The lowest BCUT2D eigenvalue weighted by atomic mass is 9.82. The Balaban J connectivity index is 2.38. The minimum Gasteiger partial charge on any atom is -0.309 e. The number of benzene rings is 1. The molecule has 0 saturated heterocycles. The Morgan fingerprint density at radius 2 is 1.79 bits per heavy atom. The van der Waals surface area contributed by atoms with Crippen LogP contribution in [0.25, 0.3) is 11.0 Å². The van der Waals surface area contributed by atoms with Crippen LogP contribution in [0.2, 0.25) is 0 Å². The minimum atomic E-state index is 0.172. The summed E-state index contributed by atoms with van der Waals surface area (Å²) in [4.78, 5) is 8.72. The van der Waals surface area contributed by atoms with Crippen molar-refractivity contribution in [2.24, 2.45) is 5.41 Å². The van der Waals surface area contributed by atoms with Gasteiger partial charge in [0.05, 0.1) is 11.0 Å². The Kier molecular flexibility index (Phi) is 4.15. The molecule has 0 aliphatic heterocycles. The van der Waals surface area contributed by atoms with E-state index in [2.05, 4.69) is 61.2 Å². The Hall–Kier alpha value is -1.48. The SMILES string of the molecule is CCCNC(c1ccc2nccnc2c1)C(C)(C)C. The van der Waals surface area contributed by atoms with Crippen LogP contribution in [-0.4, -0.2) is 16.5 Å². The van der Waals surface area contributed by atoms with E-state index >= 15 is 0 Å². The van der Waals surface area contributed by atoms with Crippen molar-refractivity contribution in [3.63, 3.8) is 0 Å². The molecule has 0 aliphatic rings. The van der Waals surface area contributed by atoms with Crippen LogP contribution in [0.5, 0.6) is 0 Å². The van der Waals surface area contributed by atoms with Gasteiger partial charge in [0.2, 0.25) is 0 Å². The zero-order valence-corrected chi connectivity index (χ0v) is 12.3. The normalized spacial score (nSPS) is 13.7. The van der Waals surface area contributed by atoms with Gasteiger partial charge < -0.3 is 5.32 Å². The average molecular weight is 257 g/mol. The van der Waals surface area contributed by atoms with Crippen molar-refractivity contribution in [2.75, 3.05) is 6.54 Å². The van der Waals surface area contributed by atoms with Crippen molar-refractivity contribution in [3.8, 4) is 0 Å². The van der Waals surface area contributed by atoms with Crippen molar-refractivity contribution < 1.29 is 0 Å². The van der Waals surface area contributed by atoms with Gasteiger partial charge in [-0.2, -0.15) is 0 Å². The number of fused-ring (bicyclic) bond motifs is 1. The van der Waals surface area contributed by atoms with Gasteiger partial charge in [-0.1, -0.05) is 33.8 Å². The van der Waals surface area contributed by atoms with Crippen LogP contribution in [0.1, 0.15) is 45.7 Å². The molecule has 0 saturated carbocycles. The van der Waals surface area contributed by atoms with E-state index in [1.807, 2.05) is 0 Å². The standard InChI is InChI=1S/C16H23N3/c1-5-8-19-15(16(2,3)4)12-6-7-13-14(11-12)18-10-9-17-13/h6-7,9-11,15,19H,5,8H2,1-4H3. The quantitative estimate of drug-likeness (QED) is 0.907. The summed E-state index contributed by atoms with van der Waals surface area (Å²) in [5, 5.41) is 3.64. The summed E-state index contributed by atoms with van der Waals surface area (Å²) in [7, 11) is 0. The molecule has 102 valence electrons. The van der Waals surface area contributed by atoms with Crippen LogP contribution in [0.15, 0.2) is 30.6 Å². The van der Waals surface area contributed by atoms with Crippen LogP contribution in [-0.2, 0) is 0 Å². The first kappa shape index (κ1) is 13.9. The number of nitrogens with zero attached hydrogens (tertiary/aromatic N) is 2. The van der Waals surface area contributed by atoms with E-state index in [-0.39, 0.29) is 5.41 Å². The summed E-state index contributed by atoms with van der Waals surface area (Å²) >= 11 is 0. The summed E-state index contributed by atoms with van der Waals surface area (Å²) in [6, 6.07) is 6.71. The summed E-state index contributed by atoms with van der Waals surface area (Å²) in [5.41, 5.74) is 3.38. The van der Waals surface area contributed by atoms with Gasteiger partial charge >= 0.3 is 0 Å². The molecule has 2 rings (SSSR count). The lowest BCUT2D eigenvalue weighted by Gasteiger charge is -2.32. The second kappa shape index (κ2) is 5.66. The van der Waals surface area contributed by atoms with E-state index in [0.717, 1.165) is 24.0 Å². The summed E-state index contributed by atoms with van der Waals surface area (Å²) in [5.74, 6) is 0. The minimum absolute atomic E-state index is 0.172. The van der Waals surface area contributed by atoms with Crippen molar-refractivity contribution in [3.05, 3.63) is 36.2 Å². The molecule has 1 unspecified atom stereocenters. The van der Waals surface area contributed by atoms with Gasteiger partial charge in [-0.25, -0.2) is 0 Å². The third-order valence-electron chi connectivity index (χ3n) is 3.29. The molecule has 0 fully saturated rings. The number of aromatic nitrogens is 2. The van der Waals surface area contributed by atoms with Crippen molar-refractivity contribution in [1.29, 1.82) is 0 Å². The first-order chi connectivity index (χ1) is 9.02. The monoisotopic (exact) mass is 257 g/mol. The van der Waals surface area contributed by atoms with E-state index in [9.17, 15) is 0 Å². The molecule has 0 amide bonds. The zero-order chi connectivity index (χ0) is 13.9. The fourth-order valence-corrected chi connectivity index (χ4v) is 2.37. The predicted molar refractivity (Wildman–Crippen MR) is 80.0 cm³/mol.